The van der Waals surface area contributed by atoms with Crippen LogP contribution in [-0.2, 0) is 67.4 Å². The number of carbonyl (C=O) groups excluding carboxylic acids is 7. The number of benzene rings is 3. The number of Topliss-reactive ketones (excluding diaryl/α,β-unsaturated/α-hetero) is 1. The Bertz CT molecular complexity index is 2470. The third kappa shape index (κ3) is 33.4. The highest BCUT2D eigenvalue weighted by Crippen LogP contribution is 2.15. The summed E-state index contributed by atoms with van der Waals surface area (Å²) in [5, 5.41) is 24.0. The monoisotopic (exact) mass is 1260 g/mol. The number of aliphatic hydroxyl groups is 1. The van der Waals surface area contributed by atoms with Gasteiger partial charge < -0.3 is 64.9 Å². The molecule has 0 saturated carbocycles. The average Bonchev–Trinajstić information content (AvgIpc) is 3.68. The van der Waals surface area contributed by atoms with Gasteiger partial charge in [-0.3, -0.25) is 28.8 Å². The number of fused-ring (bicyclic) bond motifs is 3. The molecule has 3 aliphatic rings. The molecule has 85 heavy (non-hydrogen) atoms. The number of ketones is 1. The van der Waals surface area contributed by atoms with Gasteiger partial charge in [-0.1, -0.05) is 131 Å². The van der Waals surface area contributed by atoms with Gasteiger partial charge in [0.1, 0.15) is 12.3 Å². The first-order valence-electron chi connectivity index (χ1n) is 28.4. The molecule has 0 radical (unpaired) electrons. The number of amides is 5. The van der Waals surface area contributed by atoms with Crippen molar-refractivity contribution in [2.45, 2.75) is 123 Å². The van der Waals surface area contributed by atoms with Gasteiger partial charge in [0.05, 0.1) is 91.4 Å². The second kappa shape index (κ2) is 50.7. The molecule has 0 fully saturated rings. The molecule has 0 bridgehead atoms. The van der Waals surface area contributed by atoms with Crippen LogP contribution in [0.25, 0.3) is 0 Å². The highest BCUT2D eigenvalue weighted by atomic mass is 35.5. The third-order valence-corrected chi connectivity index (χ3v) is 12.7. The fraction of sp³-hybridized carbons (Fsp3) is 0.500. The minimum Gasteiger partial charge on any atom is -0.381 e. The first-order valence-corrected chi connectivity index (χ1v) is 28.9. The lowest BCUT2D eigenvalue weighted by atomic mass is 10.0. The van der Waals surface area contributed by atoms with E-state index < -0.39 is 47.7 Å². The number of hydrogen-bond acceptors (Lipinski definition) is 14. The van der Waals surface area contributed by atoms with Crippen molar-refractivity contribution in [3.8, 4) is 0 Å². The van der Waals surface area contributed by atoms with Gasteiger partial charge in [0.2, 0.25) is 5.78 Å². The van der Waals surface area contributed by atoms with E-state index in [1.807, 2.05) is 56.3 Å². The fourth-order valence-corrected chi connectivity index (χ4v) is 7.95. The Morgan fingerprint density at radius 3 is 1.39 bits per heavy atom. The Labute approximate surface area is 528 Å². The van der Waals surface area contributed by atoms with Crippen molar-refractivity contribution in [3.63, 3.8) is 0 Å². The number of ether oxygens (including phenoxy) is 6. The van der Waals surface area contributed by atoms with E-state index in [-0.39, 0.29) is 71.9 Å². The van der Waals surface area contributed by atoms with Crippen molar-refractivity contribution in [3.05, 3.63) is 143 Å². The zero-order valence-corrected chi connectivity index (χ0v) is 53.1. The van der Waals surface area contributed by atoms with E-state index in [9.17, 15) is 38.7 Å². The maximum atomic E-state index is 12.8. The van der Waals surface area contributed by atoms with Gasteiger partial charge in [-0.15, -0.1) is 11.6 Å². The number of nitrogens with one attached hydrogen (secondary N) is 5. The first-order chi connectivity index (χ1) is 40.0. The number of hydrogen-bond donors (Lipinski definition) is 6. The highest BCUT2D eigenvalue weighted by Gasteiger charge is 2.29. The number of unbranched alkanes of at least 4 members (excludes halogenated alkanes) is 3. The van der Waals surface area contributed by atoms with E-state index in [1.165, 1.54) is 6.42 Å². The Hall–Kier alpha value is -5.37. The van der Waals surface area contributed by atoms with Crippen LogP contribution >= 0.6 is 52.1 Å². The molecule has 3 heterocycles. The van der Waals surface area contributed by atoms with E-state index in [0.29, 0.717) is 114 Å². The molecule has 4 atom stereocenters. The van der Waals surface area contributed by atoms with Crippen molar-refractivity contribution in [2.75, 3.05) is 78.4 Å². The van der Waals surface area contributed by atoms with Crippen molar-refractivity contribution in [1.82, 2.24) is 26.6 Å². The molecule has 0 aromatic heterocycles. The summed E-state index contributed by atoms with van der Waals surface area (Å²) in [7, 11) is 0. The summed E-state index contributed by atoms with van der Waals surface area (Å²) < 4.78 is 32.9. The number of alkyl halides is 1. The van der Waals surface area contributed by atoms with Gasteiger partial charge in [0.15, 0.2) is 6.10 Å². The largest absolute Gasteiger partial charge is 0.381 e. The minimum absolute atomic E-state index is 0. The number of rotatable bonds is 13. The number of aliphatic hydroxyl groups excluding tert-OH is 1. The van der Waals surface area contributed by atoms with E-state index in [0.717, 1.165) is 55.4 Å². The fourth-order valence-electron chi connectivity index (χ4n) is 7.69. The van der Waals surface area contributed by atoms with Crippen LogP contribution in [0.2, 0.25) is 0 Å². The molecular formula is C62H92ClN5O14S3. The van der Waals surface area contributed by atoms with Crippen LogP contribution < -0.4 is 26.6 Å². The lowest BCUT2D eigenvalue weighted by Gasteiger charge is -2.23. The maximum Gasteiger partial charge on any atom is 0.289 e. The summed E-state index contributed by atoms with van der Waals surface area (Å²) in [5.74, 6) is -2.01. The molecule has 5 amide bonds. The SMILES string of the molecule is CCCCCl.CCCCNC(=O)C(=O)[C@@H]1C/C=C/COCCOCc2ccccc2C(=O)N1.CCCCNC(=O)C(O)[C@@H]1C/C=C/COCCOCc2ccccc2C(=O)N1.O=C[C@@H]1C/C=C/COCCOCc2ccccc2C(=O)N1.S.S.S. The van der Waals surface area contributed by atoms with Crippen LogP contribution in [0.1, 0.15) is 126 Å². The predicted octanol–water partition coefficient (Wildman–Crippen LogP) is 7.16. The van der Waals surface area contributed by atoms with Crippen LogP contribution in [-0.4, -0.2) is 149 Å². The second-order valence-electron chi connectivity index (χ2n) is 18.9. The molecule has 6 N–H and O–H groups in total. The molecule has 1 unspecified atom stereocenters. The van der Waals surface area contributed by atoms with Crippen LogP contribution in [0, 0.1) is 0 Å². The van der Waals surface area contributed by atoms with Gasteiger partial charge >= 0.3 is 0 Å². The van der Waals surface area contributed by atoms with Crippen LogP contribution in [0.4, 0.5) is 0 Å². The van der Waals surface area contributed by atoms with Gasteiger partial charge in [-0.25, -0.2) is 0 Å². The quantitative estimate of drug-likeness (QED) is 0.0327. The molecule has 474 valence electrons. The summed E-state index contributed by atoms with van der Waals surface area (Å²) in [6.45, 7) is 11.9. The van der Waals surface area contributed by atoms with E-state index in [1.54, 1.807) is 66.8 Å². The Morgan fingerprint density at radius 2 is 0.953 bits per heavy atom. The van der Waals surface area contributed by atoms with Gasteiger partial charge in [-0.2, -0.15) is 40.5 Å². The summed E-state index contributed by atoms with van der Waals surface area (Å²) in [4.78, 5) is 85.9. The van der Waals surface area contributed by atoms with Gasteiger partial charge in [-0.05, 0) is 73.4 Å². The summed E-state index contributed by atoms with van der Waals surface area (Å²) in [5.41, 5.74) is 3.68. The highest BCUT2D eigenvalue weighted by molar-refractivity contribution is 7.59. The molecule has 3 aromatic carbocycles. The van der Waals surface area contributed by atoms with E-state index in [4.69, 9.17) is 40.0 Å². The third-order valence-electron chi connectivity index (χ3n) is 12.4. The topological polar surface area (TPSA) is 255 Å². The zero-order valence-electron chi connectivity index (χ0n) is 49.4. The molecule has 23 heteroatoms. The maximum absolute atomic E-state index is 12.8. The molecule has 3 aromatic rings. The van der Waals surface area contributed by atoms with E-state index >= 15 is 0 Å². The molecule has 19 nitrogen and oxygen atoms in total. The number of carbonyl (C=O) groups is 7. The standard InChI is InChI=1S/C21H30N2O5.C21H28N2O5.C16H19NO4.C4H9Cl.3H2S/c2*1-2-3-11-22-21(26)19(24)18-10-6-7-12-27-13-14-28-15-16-8-4-5-9-17(16)20(25)23-18;18-11-14-6-3-4-8-20-9-10-21-12-13-5-1-2-7-15(13)16(19)17-14;1-2-3-4-5;;;/h4-9,18-19,24H,2-3,10-15H2,1H3,(H,22,26)(H,23,25);4-9,18H,2-3,10-15H2,1H3,(H,22,26)(H,23,25);1-5,7,11,14H,6,8-10,12H2,(H,17,19);2-4H2,1H3;3*1H2/b2*7-6+;4-3+;;;;/t18-,19?;18-;14-;;;;/m000..../s1. The first kappa shape index (κ1) is 79.6. The van der Waals surface area contributed by atoms with Crippen molar-refractivity contribution in [1.29, 1.82) is 0 Å². The van der Waals surface area contributed by atoms with Crippen LogP contribution in [0.5, 0.6) is 0 Å². The summed E-state index contributed by atoms with van der Waals surface area (Å²) in [6.07, 6.45) is 17.0. The van der Waals surface area contributed by atoms with E-state index in [2.05, 4.69) is 33.5 Å². The predicted molar refractivity (Wildman–Crippen MR) is 345 cm³/mol. The summed E-state index contributed by atoms with van der Waals surface area (Å²) in [6, 6.07) is 19.2. The molecule has 0 saturated heterocycles. The van der Waals surface area contributed by atoms with Gasteiger partial charge in [0, 0.05) is 35.7 Å². The minimum atomic E-state index is -1.34. The molecule has 6 rings (SSSR count). The molecule has 3 aliphatic heterocycles. The Balaban J connectivity index is 0.00000119. The van der Waals surface area contributed by atoms with Gasteiger partial charge in [0.25, 0.3) is 29.5 Å². The normalized spacial score (nSPS) is 19.4. The second-order valence-corrected chi connectivity index (χ2v) is 19.3. The van der Waals surface area contributed by atoms with Crippen LogP contribution in [0.15, 0.2) is 109 Å². The van der Waals surface area contributed by atoms with Crippen molar-refractivity contribution in [2.24, 2.45) is 0 Å². The van der Waals surface area contributed by atoms with Crippen molar-refractivity contribution < 1.29 is 67.1 Å². The lowest BCUT2D eigenvalue weighted by Crippen LogP contribution is -2.50. The zero-order chi connectivity index (χ0) is 59.4. The smallest absolute Gasteiger partial charge is 0.289 e. The Morgan fingerprint density at radius 1 is 0.553 bits per heavy atom. The number of aldehydes is 1. The van der Waals surface area contributed by atoms with Crippen LogP contribution in [0.3, 0.4) is 0 Å². The summed E-state index contributed by atoms with van der Waals surface area (Å²) >= 11 is 5.30. The number of halogens is 1. The molecule has 0 spiro atoms. The molecule has 0 aliphatic carbocycles. The Kier molecular flexibility index (Phi) is 47.5. The average molecular weight is 1260 g/mol. The van der Waals surface area contributed by atoms with Crippen molar-refractivity contribution >= 4 is 93.7 Å². The lowest BCUT2D eigenvalue weighted by molar-refractivity contribution is -0.138. The molecular weight excluding hydrogens is 1170 g/mol.